The summed E-state index contributed by atoms with van der Waals surface area (Å²) in [6, 6.07) is 6.08. The second-order valence-corrected chi connectivity index (χ2v) is 4.59. The summed E-state index contributed by atoms with van der Waals surface area (Å²) >= 11 is 1.58. The number of benzene rings is 1. The number of aliphatic carboxylic acids is 1. The van der Waals surface area contributed by atoms with Gasteiger partial charge >= 0.3 is 5.97 Å². The molecule has 0 fully saturated rings. The zero-order valence-electron chi connectivity index (χ0n) is 8.36. The first-order valence-electron chi connectivity index (χ1n) is 4.73. The fraction of sp³-hybridized carbons (Fsp3) is 0.273. The van der Waals surface area contributed by atoms with E-state index in [4.69, 9.17) is 5.11 Å². The van der Waals surface area contributed by atoms with Crippen molar-refractivity contribution < 1.29 is 9.90 Å². The molecule has 1 heterocycles. The Morgan fingerprint density at radius 1 is 1.53 bits per heavy atom. The summed E-state index contributed by atoms with van der Waals surface area (Å²) in [4.78, 5) is 14.8. The molecule has 1 aromatic carbocycles. The molecule has 0 amide bonds. The Hall–Kier alpha value is -1.42. The molecule has 0 aliphatic rings. The minimum Gasteiger partial charge on any atom is -0.481 e. The van der Waals surface area contributed by atoms with Crippen molar-refractivity contribution in [2.75, 3.05) is 0 Å². The predicted octanol–water partition coefficient (Wildman–Crippen LogP) is 2.62. The van der Waals surface area contributed by atoms with Gasteiger partial charge in [-0.15, -0.1) is 11.3 Å². The highest BCUT2D eigenvalue weighted by Crippen LogP contribution is 2.23. The van der Waals surface area contributed by atoms with Crippen molar-refractivity contribution in [3.63, 3.8) is 0 Å². The van der Waals surface area contributed by atoms with Gasteiger partial charge in [-0.2, -0.15) is 0 Å². The maximum Gasteiger partial charge on any atom is 0.303 e. The first kappa shape index (κ1) is 10.1. The summed E-state index contributed by atoms with van der Waals surface area (Å²) in [5, 5.41) is 9.47. The maximum atomic E-state index is 10.4. The summed E-state index contributed by atoms with van der Waals surface area (Å²) in [7, 11) is 0. The van der Waals surface area contributed by atoms with Crippen LogP contribution in [0.3, 0.4) is 0 Å². The summed E-state index contributed by atoms with van der Waals surface area (Å²) < 4.78 is 1.13. The van der Waals surface area contributed by atoms with E-state index >= 15 is 0 Å². The number of nitrogens with zero attached hydrogens (tertiary/aromatic N) is 1. The van der Waals surface area contributed by atoms with Crippen molar-refractivity contribution in [2.45, 2.75) is 19.8 Å². The lowest BCUT2D eigenvalue weighted by Gasteiger charge is -1.88. The van der Waals surface area contributed by atoms with Gasteiger partial charge in [0.05, 0.1) is 21.6 Å². The van der Waals surface area contributed by atoms with Crippen molar-refractivity contribution >= 4 is 27.5 Å². The molecule has 0 atom stereocenters. The number of carbonyl (C=O) groups is 1. The van der Waals surface area contributed by atoms with E-state index in [-0.39, 0.29) is 6.42 Å². The maximum absolute atomic E-state index is 10.4. The highest BCUT2D eigenvalue weighted by molar-refractivity contribution is 7.18. The molecular weight excluding hydrogens is 210 g/mol. The van der Waals surface area contributed by atoms with Gasteiger partial charge in [0.25, 0.3) is 0 Å². The van der Waals surface area contributed by atoms with E-state index in [2.05, 4.69) is 11.1 Å². The molecule has 0 aliphatic carbocycles. The normalized spacial score (nSPS) is 10.7. The molecule has 0 unspecified atom stereocenters. The van der Waals surface area contributed by atoms with E-state index in [0.717, 1.165) is 15.2 Å². The highest BCUT2D eigenvalue weighted by atomic mass is 32.1. The lowest BCUT2D eigenvalue weighted by atomic mass is 10.2. The van der Waals surface area contributed by atoms with Gasteiger partial charge in [-0.3, -0.25) is 4.79 Å². The number of aryl methyl sites for hydroxylation is 2. The molecule has 0 radical (unpaired) electrons. The topological polar surface area (TPSA) is 50.2 Å². The number of fused-ring (bicyclic) bond motifs is 1. The van der Waals surface area contributed by atoms with Crippen LogP contribution >= 0.6 is 11.3 Å². The van der Waals surface area contributed by atoms with Gasteiger partial charge in [-0.05, 0) is 24.6 Å². The van der Waals surface area contributed by atoms with Crippen LogP contribution in [0.15, 0.2) is 18.2 Å². The van der Waals surface area contributed by atoms with Gasteiger partial charge in [0, 0.05) is 6.42 Å². The SMILES string of the molecule is Cc1ccc2nc(CCC(=O)O)sc2c1. The summed E-state index contributed by atoms with van der Waals surface area (Å²) in [6.45, 7) is 2.04. The molecule has 0 spiro atoms. The molecule has 0 saturated carbocycles. The molecule has 2 aromatic rings. The van der Waals surface area contributed by atoms with Crippen LogP contribution in [0.5, 0.6) is 0 Å². The molecule has 15 heavy (non-hydrogen) atoms. The zero-order valence-corrected chi connectivity index (χ0v) is 9.17. The van der Waals surface area contributed by atoms with Gasteiger partial charge in [-0.1, -0.05) is 6.07 Å². The molecule has 3 nitrogen and oxygen atoms in total. The molecule has 78 valence electrons. The number of thiazole rings is 1. The van der Waals surface area contributed by atoms with Crippen LogP contribution in [0.1, 0.15) is 17.0 Å². The Kier molecular flexibility index (Phi) is 2.68. The third kappa shape index (κ3) is 2.33. The van der Waals surface area contributed by atoms with Gasteiger partial charge < -0.3 is 5.11 Å². The average molecular weight is 221 g/mol. The van der Waals surface area contributed by atoms with Crippen LogP contribution in [-0.4, -0.2) is 16.1 Å². The molecule has 0 bridgehead atoms. The third-order valence-corrected chi connectivity index (χ3v) is 3.22. The Morgan fingerprint density at radius 2 is 2.33 bits per heavy atom. The van der Waals surface area contributed by atoms with E-state index in [0.29, 0.717) is 6.42 Å². The third-order valence-electron chi connectivity index (χ3n) is 2.14. The second kappa shape index (κ2) is 3.98. The van der Waals surface area contributed by atoms with Crippen molar-refractivity contribution in [3.05, 3.63) is 28.8 Å². The molecule has 2 rings (SSSR count). The van der Waals surface area contributed by atoms with Crippen molar-refractivity contribution in [3.8, 4) is 0 Å². The highest BCUT2D eigenvalue weighted by Gasteiger charge is 2.05. The Bertz CT molecular complexity index is 504. The summed E-state index contributed by atoms with van der Waals surface area (Å²) in [5.74, 6) is -0.773. The number of aromatic nitrogens is 1. The number of carboxylic acid groups (broad SMARTS) is 1. The fourth-order valence-corrected chi connectivity index (χ4v) is 2.47. The monoisotopic (exact) mass is 221 g/mol. The molecule has 0 saturated heterocycles. The molecular formula is C11H11NO2S. The van der Waals surface area contributed by atoms with Gasteiger partial charge in [0.2, 0.25) is 0 Å². The molecule has 0 aliphatic heterocycles. The predicted molar refractivity (Wildman–Crippen MR) is 60.3 cm³/mol. The van der Waals surface area contributed by atoms with Crippen molar-refractivity contribution in [2.24, 2.45) is 0 Å². The fourth-order valence-electron chi connectivity index (χ4n) is 1.40. The van der Waals surface area contributed by atoms with Gasteiger partial charge in [0.1, 0.15) is 0 Å². The van der Waals surface area contributed by atoms with Crippen molar-refractivity contribution in [1.29, 1.82) is 0 Å². The number of rotatable bonds is 3. The average Bonchev–Trinajstić information content (AvgIpc) is 2.56. The largest absolute Gasteiger partial charge is 0.481 e. The number of carboxylic acids is 1. The summed E-state index contributed by atoms with van der Waals surface area (Å²) in [5.41, 5.74) is 2.17. The van der Waals surface area contributed by atoms with E-state index in [1.807, 2.05) is 19.1 Å². The quantitative estimate of drug-likeness (QED) is 0.866. The van der Waals surface area contributed by atoms with Gasteiger partial charge in [0.15, 0.2) is 0 Å². The first-order chi connectivity index (χ1) is 7.15. The first-order valence-corrected chi connectivity index (χ1v) is 5.54. The van der Waals surface area contributed by atoms with Crippen LogP contribution in [0.2, 0.25) is 0 Å². The standard InChI is InChI=1S/C11H11NO2S/c1-7-2-3-8-9(6-7)15-10(12-8)4-5-11(13)14/h2-3,6H,4-5H2,1H3,(H,13,14). The second-order valence-electron chi connectivity index (χ2n) is 3.47. The van der Waals surface area contributed by atoms with Crippen molar-refractivity contribution in [1.82, 2.24) is 4.98 Å². The Balaban J connectivity index is 2.27. The van der Waals surface area contributed by atoms with E-state index in [9.17, 15) is 4.79 Å². The number of hydrogen-bond donors (Lipinski definition) is 1. The van der Waals surface area contributed by atoms with Crippen LogP contribution in [-0.2, 0) is 11.2 Å². The molecule has 4 heteroatoms. The lowest BCUT2D eigenvalue weighted by molar-refractivity contribution is -0.136. The van der Waals surface area contributed by atoms with Gasteiger partial charge in [-0.25, -0.2) is 4.98 Å². The minimum absolute atomic E-state index is 0.152. The zero-order chi connectivity index (χ0) is 10.8. The molecule has 1 N–H and O–H groups in total. The molecule has 1 aromatic heterocycles. The Morgan fingerprint density at radius 3 is 3.07 bits per heavy atom. The summed E-state index contributed by atoms with van der Waals surface area (Å²) in [6.07, 6.45) is 0.673. The minimum atomic E-state index is -0.773. The van der Waals surface area contributed by atoms with Crippen LogP contribution in [0.4, 0.5) is 0 Å². The Labute approximate surface area is 91.4 Å². The van der Waals surface area contributed by atoms with Crippen LogP contribution in [0, 0.1) is 6.92 Å². The van der Waals surface area contributed by atoms with Crippen LogP contribution in [0.25, 0.3) is 10.2 Å². The van der Waals surface area contributed by atoms with E-state index < -0.39 is 5.97 Å². The van der Waals surface area contributed by atoms with Crippen LogP contribution < -0.4 is 0 Å². The lowest BCUT2D eigenvalue weighted by Crippen LogP contribution is -1.96. The number of hydrogen-bond acceptors (Lipinski definition) is 3. The van der Waals surface area contributed by atoms with E-state index in [1.165, 1.54) is 5.56 Å². The smallest absolute Gasteiger partial charge is 0.303 e. The van der Waals surface area contributed by atoms with E-state index in [1.54, 1.807) is 11.3 Å².